The largest absolute Gasteiger partial charge is 0.416 e. The molecule has 18 heavy (non-hydrogen) atoms. The molecule has 0 atom stereocenters. The number of pyridine rings is 1. The van der Waals surface area contributed by atoms with Crippen LogP contribution in [0.4, 0.5) is 13.2 Å². The molecule has 0 radical (unpaired) electrons. The maximum absolute atomic E-state index is 12.6. The van der Waals surface area contributed by atoms with Crippen LogP contribution < -0.4 is 5.73 Å². The summed E-state index contributed by atoms with van der Waals surface area (Å²) in [4.78, 5) is 4.22. The van der Waals surface area contributed by atoms with E-state index in [9.17, 15) is 13.2 Å². The summed E-state index contributed by atoms with van der Waals surface area (Å²) in [5.74, 6) is 0. The summed E-state index contributed by atoms with van der Waals surface area (Å²) in [5, 5.41) is 0.529. The Morgan fingerprint density at radius 3 is 2.50 bits per heavy atom. The number of nitrogens with two attached hydrogens (primary N) is 1. The zero-order valence-electron chi connectivity index (χ0n) is 9.38. The van der Waals surface area contributed by atoms with Gasteiger partial charge in [-0.25, -0.2) is 0 Å². The summed E-state index contributed by atoms with van der Waals surface area (Å²) >= 11 is 4.88. The molecule has 0 saturated carbocycles. The van der Waals surface area contributed by atoms with Crippen LogP contribution >= 0.6 is 12.2 Å². The van der Waals surface area contributed by atoms with E-state index in [4.69, 9.17) is 18.0 Å². The molecule has 0 bridgehead atoms. The van der Waals surface area contributed by atoms with E-state index in [1.54, 1.807) is 13.0 Å². The minimum Gasteiger partial charge on any atom is -0.389 e. The first-order valence-corrected chi connectivity index (χ1v) is 5.48. The number of alkyl halides is 3. The van der Waals surface area contributed by atoms with Gasteiger partial charge >= 0.3 is 6.18 Å². The van der Waals surface area contributed by atoms with E-state index in [2.05, 4.69) is 4.98 Å². The third kappa shape index (κ3) is 2.28. The van der Waals surface area contributed by atoms with Crippen molar-refractivity contribution in [2.75, 3.05) is 0 Å². The molecule has 0 spiro atoms. The van der Waals surface area contributed by atoms with E-state index in [0.717, 1.165) is 12.1 Å². The first kappa shape index (κ1) is 12.8. The highest BCUT2D eigenvalue weighted by atomic mass is 32.1. The maximum atomic E-state index is 12.6. The van der Waals surface area contributed by atoms with Crippen LogP contribution in [0.3, 0.4) is 0 Å². The molecule has 1 aromatic heterocycles. The summed E-state index contributed by atoms with van der Waals surface area (Å²) in [6, 6.07) is 5.02. The van der Waals surface area contributed by atoms with E-state index < -0.39 is 11.7 Å². The quantitative estimate of drug-likeness (QED) is 0.809. The minimum absolute atomic E-state index is 0.144. The van der Waals surface area contributed by atoms with Gasteiger partial charge in [-0.1, -0.05) is 18.3 Å². The van der Waals surface area contributed by atoms with Gasteiger partial charge in [0.15, 0.2) is 0 Å². The highest BCUT2D eigenvalue weighted by Crippen LogP contribution is 2.31. The van der Waals surface area contributed by atoms with Crippen LogP contribution in [0, 0.1) is 6.92 Å². The van der Waals surface area contributed by atoms with Crippen LogP contribution in [0.15, 0.2) is 24.3 Å². The van der Waals surface area contributed by atoms with Crippen LogP contribution in [-0.2, 0) is 6.18 Å². The molecular formula is C12H9F3N2S. The molecule has 94 valence electrons. The van der Waals surface area contributed by atoms with Crippen LogP contribution in [0.1, 0.15) is 16.8 Å². The van der Waals surface area contributed by atoms with E-state index in [1.165, 1.54) is 6.07 Å². The summed E-state index contributed by atoms with van der Waals surface area (Å²) < 4.78 is 37.8. The average molecular weight is 270 g/mol. The normalized spacial score (nSPS) is 11.8. The van der Waals surface area contributed by atoms with Crippen LogP contribution in [0.25, 0.3) is 10.9 Å². The number of halogens is 3. The smallest absolute Gasteiger partial charge is 0.389 e. The minimum atomic E-state index is -4.39. The van der Waals surface area contributed by atoms with Crippen molar-refractivity contribution < 1.29 is 13.2 Å². The number of aryl methyl sites for hydroxylation is 1. The number of nitrogens with zero attached hydrogens (tertiary/aromatic N) is 1. The number of fused-ring (bicyclic) bond motifs is 1. The van der Waals surface area contributed by atoms with Gasteiger partial charge in [0.25, 0.3) is 0 Å². The highest BCUT2D eigenvalue weighted by Gasteiger charge is 2.30. The molecule has 0 aliphatic heterocycles. The lowest BCUT2D eigenvalue weighted by atomic mass is 10.1. The number of aromatic nitrogens is 1. The fourth-order valence-corrected chi connectivity index (χ4v) is 1.91. The van der Waals surface area contributed by atoms with Gasteiger partial charge in [-0.05, 0) is 25.1 Å². The Labute approximate surface area is 107 Å². The monoisotopic (exact) mass is 270 g/mol. The van der Waals surface area contributed by atoms with E-state index in [1.807, 2.05) is 0 Å². The van der Waals surface area contributed by atoms with Crippen molar-refractivity contribution in [3.05, 3.63) is 41.1 Å². The Balaban J connectivity index is 2.76. The fourth-order valence-electron chi connectivity index (χ4n) is 1.74. The van der Waals surface area contributed by atoms with Crippen LogP contribution in [-0.4, -0.2) is 9.97 Å². The standard InChI is InChI=1S/C12H9F3N2S/c1-6-4-9(11(16)18)8-3-2-7(12(13,14)15)5-10(8)17-6/h2-5H,1H3,(H2,16,18). The lowest BCUT2D eigenvalue weighted by Crippen LogP contribution is -2.11. The van der Waals surface area contributed by atoms with Gasteiger partial charge in [-0.2, -0.15) is 13.2 Å². The second-order valence-corrected chi connectivity index (χ2v) is 4.34. The Morgan fingerprint density at radius 1 is 1.28 bits per heavy atom. The highest BCUT2D eigenvalue weighted by molar-refractivity contribution is 7.80. The molecule has 2 nitrogen and oxygen atoms in total. The van der Waals surface area contributed by atoms with Gasteiger partial charge in [0, 0.05) is 16.6 Å². The lowest BCUT2D eigenvalue weighted by molar-refractivity contribution is -0.137. The number of benzene rings is 1. The zero-order valence-corrected chi connectivity index (χ0v) is 10.2. The Morgan fingerprint density at radius 2 is 1.94 bits per heavy atom. The second kappa shape index (κ2) is 4.20. The fraction of sp³-hybridized carbons (Fsp3) is 0.167. The van der Waals surface area contributed by atoms with Crippen molar-refractivity contribution >= 4 is 28.1 Å². The molecule has 2 N–H and O–H groups in total. The van der Waals surface area contributed by atoms with Crippen molar-refractivity contribution in [2.45, 2.75) is 13.1 Å². The third-order valence-electron chi connectivity index (χ3n) is 2.53. The molecule has 0 saturated heterocycles. The lowest BCUT2D eigenvalue weighted by Gasteiger charge is -2.10. The van der Waals surface area contributed by atoms with Crippen LogP contribution in [0.2, 0.25) is 0 Å². The molecule has 2 rings (SSSR count). The Kier molecular flexibility index (Phi) is 2.98. The van der Waals surface area contributed by atoms with Gasteiger partial charge in [0.1, 0.15) is 4.99 Å². The first-order valence-electron chi connectivity index (χ1n) is 5.07. The summed E-state index contributed by atoms with van der Waals surface area (Å²) in [7, 11) is 0. The molecule has 1 aromatic carbocycles. The van der Waals surface area contributed by atoms with Gasteiger partial charge < -0.3 is 5.73 Å². The van der Waals surface area contributed by atoms with Crippen molar-refractivity contribution in [3.8, 4) is 0 Å². The van der Waals surface area contributed by atoms with E-state index >= 15 is 0 Å². The van der Waals surface area contributed by atoms with Gasteiger partial charge in [-0.3, -0.25) is 4.98 Å². The maximum Gasteiger partial charge on any atom is 0.416 e. The molecule has 0 amide bonds. The molecule has 0 unspecified atom stereocenters. The molecule has 0 aliphatic carbocycles. The Hall–Kier alpha value is -1.69. The number of thiocarbonyl (C=S) groups is 1. The van der Waals surface area contributed by atoms with E-state index in [-0.39, 0.29) is 10.5 Å². The Bertz CT molecular complexity index is 635. The number of hydrogen-bond donors (Lipinski definition) is 1. The molecule has 0 aliphatic rings. The predicted molar refractivity (Wildman–Crippen MR) is 67.4 cm³/mol. The van der Waals surface area contributed by atoms with E-state index in [0.29, 0.717) is 16.6 Å². The van der Waals surface area contributed by atoms with Gasteiger partial charge in [0.2, 0.25) is 0 Å². The molecule has 0 fully saturated rings. The first-order chi connectivity index (χ1) is 8.29. The summed E-state index contributed by atoms with van der Waals surface area (Å²) in [5.41, 5.74) is 6.18. The van der Waals surface area contributed by atoms with Gasteiger partial charge in [-0.15, -0.1) is 0 Å². The number of hydrogen-bond acceptors (Lipinski definition) is 2. The molecular weight excluding hydrogens is 261 g/mol. The van der Waals surface area contributed by atoms with Crippen molar-refractivity contribution in [1.29, 1.82) is 0 Å². The summed E-state index contributed by atoms with van der Waals surface area (Å²) in [6.07, 6.45) is -4.39. The van der Waals surface area contributed by atoms with Crippen molar-refractivity contribution in [2.24, 2.45) is 5.73 Å². The van der Waals surface area contributed by atoms with Gasteiger partial charge in [0.05, 0.1) is 11.1 Å². The topological polar surface area (TPSA) is 38.9 Å². The van der Waals surface area contributed by atoms with Crippen molar-refractivity contribution in [1.82, 2.24) is 4.98 Å². The molecule has 2 aromatic rings. The van der Waals surface area contributed by atoms with Crippen LogP contribution in [0.5, 0.6) is 0 Å². The molecule has 6 heteroatoms. The third-order valence-corrected chi connectivity index (χ3v) is 2.75. The summed E-state index contributed by atoms with van der Waals surface area (Å²) in [6.45, 7) is 1.68. The number of rotatable bonds is 1. The SMILES string of the molecule is Cc1cc(C(N)=S)c2ccc(C(F)(F)F)cc2n1. The molecule has 1 heterocycles. The van der Waals surface area contributed by atoms with Crippen molar-refractivity contribution in [3.63, 3.8) is 0 Å². The zero-order chi connectivity index (χ0) is 13.5. The average Bonchev–Trinajstić information content (AvgIpc) is 2.25. The second-order valence-electron chi connectivity index (χ2n) is 3.91. The predicted octanol–water partition coefficient (Wildman–Crippen LogP) is 3.20.